The zero-order chi connectivity index (χ0) is 7.45. The maximum atomic E-state index is 6.82. The molecule has 1 rings (SSSR count). The van der Waals surface area contributed by atoms with Crippen LogP contribution in [0.1, 0.15) is 19.3 Å². The van der Waals surface area contributed by atoms with Gasteiger partial charge in [-0.15, -0.1) is 0 Å². The van der Waals surface area contributed by atoms with E-state index < -0.39 is 5.66 Å². The molecule has 0 spiro atoms. The van der Waals surface area contributed by atoms with E-state index in [1.54, 1.807) is 0 Å². The van der Waals surface area contributed by atoms with Gasteiger partial charge in [0.25, 0.3) is 0 Å². The van der Waals surface area contributed by atoms with Crippen molar-refractivity contribution in [3.63, 3.8) is 0 Å². The van der Waals surface area contributed by atoms with E-state index in [0.29, 0.717) is 12.8 Å². The van der Waals surface area contributed by atoms with Crippen molar-refractivity contribution in [2.45, 2.75) is 24.9 Å². The van der Waals surface area contributed by atoms with Crippen LogP contribution in [0.2, 0.25) is 0 Å². The lowest BCUT2D eigenvalue weighted by Gasteiger charge is -2.09. The lowest BCUT2D eigenvalue weighted by atomic mass is 9.96. The van der Waals surface area contributed by atoms with Crippen molar-refractivity contribution in [1.82, 2.24) is 0 Å². The summed E-state index contributed by atoms with van der Waals surface area (Å²) in [5.74, 6) is 0. The molecule has 2 nitrogen and oxygen atoms in total. The first kappa shape index (κ1) is 6.83. The zero-order valence-electron chi connectivity index (χ0n) is 5.67. The lowest BCUT2D eigenvalue weighted by Crippen LogP contribution is -2.20. The van der Waals surface area contributed by atoms with Gasteiger partial charge in [-0.3, -0.25) is 0 Å². The van der Waals surface area contributed by atoms with E-state index in [0.717, 1.165) is 6.42 Å². The highest BCUT2D eigenvalue weighted by Crippen LogP contribution is 2.28. The molecule has 0 N–H and O–H groups in total. The minimum absolute atomic E-state index is 0.611. The minimum atomic E-state index is -0.741. The Morgan fingerprint density at radius 1 is 1.20 bits per heavy atom. The third-order valence-corrected chi connectivity index (χ3v) is 1.74. The number of hydrogen-bond donors (Lipinski definition) is 0. The Bertz CT molecular complexity index is 213. The summed E-state index contributed by atoms with van der Waals surface area (Å²) >= 11 is 0. The third-order valence-electron chi connectivity index (χ3n) is 1.74. The van der Waals surface area contributed by atoms with Gasteiger partial charge in [-0.25, -0.2) is 22.8 Å². The Balaban J connectivity index is 2.80. The van der Waals surface area contributed by atoms with Crippen molar-refractivity contribution in [1.29, 1.82) is 0 Å². The van der Waals surface area contributed by atoms with Crippen molar-refractivity contribution in [2.24, 2.45) is 0 Å². The van der Waals surface area contributed by atoms with Crippen molar-refractivity contribution >= 4 is 0 Å². The predicted octanol–water partition coefficient (Wildman–Crippen LogP) is 2.26. The molecule has 0 radical (unpaired) electrons. The zero-order valence-corrected chi connectivity index (χ0v) is 5.67. The van der Waals surface area contributed by atoms with E-state index in [2.05, 4.69) is 9.69 Å². The summed E-state index contributed by atoms with van der Waals surface area (Å²) in [5, 5.41) is 0. The molecule has 50 valence electrons. The molecule has 0 unspecified atom stereocenters. The Morgan fingerprint density at radius 3 is 2.20 bits per heavy atom. The van der Waals surface area contributed by atoms with Crippen molar-refractivity contribution in [2.75, 3.05) is 0 Å². The van der Waals surface area contributed by atoms with Crippen LogP contribution >= 0.6 is 0 Å². The summed E-state index contributed by atoms with van der Waals surface area (Å²) in [6, 6.07) is 0. The van der Waals surface area contributed by atoms with Gasteiger partial charge in [-0.2, -0.15) is 0 Å². The SMILES string of the molecule is [C-]#[N+]C1([N+]#[C-])CC=CCC1. The highest BCUT2D eigenvalue weighted by Gasteiger charge is 2.42. The van der Waals surface area contributed by atoms with Crippen LogP contribution in [-0.4, -0.2) is 5.66 Å². The molecule has 0 aromatic rings. The number of hydrogen-bond acceptors (Lipinski definition) is 0. The smallest absolute Gasteiger partial charge is 0.230 e. The Kier molecular flexibility index (Phi) is 1.73. The molecule has 10 heavy (non-hydrogen) atoms. The fourth-order valence-electron chi connectivity index (χ4n) is 1.03. The van der Waals surface area contributed by atoms with Crippen LogP contribution in [0, 0.1) is 13.1 Å². The summed E-state index contributed by atoms with van der Waals surface area (Å²) in [7, 11) is 0. The molecule has 0 saturated carbocycles. The van der Waals surface area contributed by atoms with Gasteiger partial charge in [0, 0.05) is 0 Å². The maximum absolute atomic E-state index is 6.82. The Hall–Kier alpha value is -1.28. The first-order valence-corrected chi connectivity index (χ1v) is 3.25. The van der Waals surface area contributed by atoms with Crippen molar-refractivity contribution < 1.29 is 0 Å². The van der Waals surface area contributed by atoms with Gasteiger partial charge in [0.2, 0.25) is 0 Å². The van der Waals surface area contributed by atoms with Gasteiger partial charge >= 0.3 is 5.66 Å². The van der Waals surface area contributed by atoms with Crippen LogP contribution in [-0.2, 0) is 0 Å². The van der Waals surface area contributed by atoms with Gasteiger partial charge < -0.3 is 0 Å². The topological polar surface area (TPSA) is 8.72 Å². The molecule has 0 aromatic carbocycles. The van der Waals surface area contributed by atoms with Crippen LogP contribution in [0.25, 0.3) is 9.69 Å². The molecule has 0 heterocycles. The molecule has 1 aliphatic carbocycles. The van der Waals surface area contributed by atoms with Crippen LogP contribution in [0.4, 0.5) is 0 Å². The first-order chi connectivity index (χ1) is 4.83. The molecule has 0 bridgehead atoms. The Labute approximate surface area is 60.8 Å². The van der Waals surface area contributed by atoms with E-state index in [-0.39, 0.29) is 0 Å². The molecule has 0 atom stereocenters. The van der Waals surface area contributed by atoms with Gasteiger partial charge in [0.05, 0.1) is 0 Å². The highest BCUT2D eigenvalue weighted by atomic mass is 15.0. The van der Waals surface area contributed by atoms with E-state index in [4.69, 9.17) is 13.1 Å². The summed E-state index contributed by atoms with van der Waals surface area (Å²) in [6.45, 7) is 13.6. The normalized spacial score (nSPS) is 21.0. The summed E-state index contributed by atoms with van der Waals surface area (Å²) in [4.78, 5) is 6.68. The van der Waals surface area contributed by atoms with Crippen LogP contribution in [0.3, 0.4) is 0 Å². The Morgan fingerprint density at radius 2 is 1.90 bits per heavy atom. The average Bonchev–Trinajstić information content (AvgIpc) is 2.06. The molecule has 0 fully saturated rings. The van der Waals surface area contributed by atoms with Crippen molar-refractivity contribution in [3.8, 4) is 0 Å². The van der Waals surface area contributed by atoms with Crippen LogP contribution < -0.4 is 0 Å². The summed E-state index contributed by atoms with van der Waals surface area (Å²) in [5.41, 5.74) is -0.741. The van der Waals surface area contributed by atoms with E-state index in [1.165, 1.54) is 0 Å². The average molecular weight is 132 g/mol. The van der Waals surface area contributed by atoms with Gasteiger partial charge in [-0.05, 0) is 6.42 Å². The fraction of sp³-hybridized carbons (Fsp3) is 0.500. The highest BCUT2D eigenvalue weighted by molar-refractivity contribution is 5.13. The van der Waals surface area contributed by atoms with Gasteiger partial charge in [0.15, 0.2) is 0 Å². The van der Waals surface area contributed by atoms with Crippen LogP contribution in [0.15, 0.2) is 12.2 Å². The second-order valence-corrected chi connectivity index (χ2v) is 2.42. The monoisotopic (exact) mass is 132 g/mol. The minimum Gasteiger partial charge on any atom is -0.230 e. The standard InChI is InChI=1S/C8H8N2/c1-9-8(10-2)6-4-3-5-7-8/h3-4H,5-7H2. The molecule has 1 aliphatic rings. The number of allylic oxidation sites excluding steroid dienone is 1. The molecular formula is C8H8N2. The molecule has 0 saturated heterocycles. The molecule has 0 amide bonds. The first-order valence-electron chi connectivity index (χ1n) is 3.25. The van der Waals surface area contributed by atoms with E-state index in [9.17, 15) is 0 Å². The second kappa shape index (κ2) is 2.54. The van der Waals surface area contributed by atoms with E-state index >= 15 is 0 Å². The maximum Gasteiger partial charge on any atom is 0.486 e. The van der Waals surface area contributed by atoms with E-state index in [1.807, 2.05) is 12.2 Å². The molecule has 0 aliphatic heterocycles. The quantitative estimate of drug-likeness (QED) is 0.353. The van der Waals surface area contributed by atoms with Crippen LogP contribution in [0.5, 0.6) is 0 Å². The summed E-state index contributed by atoms with van der Waals surface area (Å²) in [6.07, 6.45) is 6.16. The molecular weight excluding hydrogens is 124 g/mol. The number of rotatable bonds is 0. The van der Waals surface area contributed by atoms with Gasteiger partial charge in [0.1, 0.15) is 12.8 Å². The third kappa shape index (κ3) is 1.01. The predicted molar refractivity (Wildman–Crippen MR) is 38.9 cm³/mol. The van der Waals surface area contributed by atoms with Gasteiger partial charge in [-0.1, -0.05) is 12.2 Å². The van der Waals surface area contributed by atoms with Crippen molar-refractivity contribution in [3.05, 3.63) is 35.0 Å². The lowest BCUT2D eigenvalue weighted by molar-refractivity contribution is 0.552. The molecule has 0 aromatic heterocycles. The fourth-order valence-corrected chi connectivity index (χ4v) is 1.03. The largest absolute Gasteiger partial charge is 0.486 e. The molecule has 2 heteroatoms. The second-order valence-electron chi connectivity index (χ2n) is 2.42. The number of nitrogens with zero attached hydrogens (tertiary/aromatic N) is 2. The summed E-state index contributed by atoms with van der Waals surface area (Å²) < 4.78 is 0.